The number of nitrogens with one attached hydrogen (secondary N) is 1. The molecular weight excluding hydrogens is 367 g/mol. The van der Waals surface area contributed by atoms with Crippen molar-refractivity contribution in [1.82, 2.24) is 10.3 Å². The Hall–Kier alpha value is -1.28. The van der Waals surface area contributed by atoms with Crippen molar-refractivity contribution in [1.29, 1.82) is 0 Å². The fourth-order valence-electron chi connectivity index (χ4n) is 1.67. The van der Waals surface area contributed by atoms with Gasteiger partial charge in [0.15, 0.2) is 0 Å². The summed E-state index contributed by atoms with van der Waals surface area (Å²) in [7, 11) is 0. The molecule has 0 radical (unpaired) electrons. The molecule has 1 heterocycles. The van der Waals surface area contributed by atoms with Gasteiger partial charge in [0.05, 0.1) is 18.8 Å². The first-order valence-corrected chi connectivity index (χ1v) is 7.13. The third-order valence-corrected chi connectivity index (χ3v) is 4.04. The van der Waals surface area contributed by atoms with Crippen molar-refractivity contribution in [2.75, 3.05) is 13.1 Å². The lowest BCUT2D eigenvalue weighted by molar-refractivity contribution is 0.0119. The molecule has 128 valence electrons. The van der Waals surface area contributed by atoms with Crippen molar-refractivity contribution in [3.05, 3.63) is 40.9 Å². The van der Waals surface area contributed by atoms with Gasteiger partial charge >= 0.3 is 0 Å². The van der Waals surface area contributed by atoms with E-state index in [4.69, 9.17) is 5.73 Å². The predicted molar refractivity (Wildman–Crippen MR) is 93.1 cm³/mol. The lowest BCUT2D eigenvalue weighted by Gasteiger charge is -2.13. The number of thiazole rings is 1. The second kappa shape index (κ2) is 9.12. The van der Waals surface area contributed by atoms with E-state index in [1.807, 2.05) is 30.3 Å². The van der Waals surface area contributed by atoms with Crippen molar-refractivity contribution in [3.8, 4) is 10.6 Å². The minimum absolute atomic E-state index is 0. The molecule has 0 bridgehead atoms. The smallest absolute Gasteiger partial charge is 0.277 e. The summed E-state index contributed by atoms with van der Waals surface area (Å²) in [6, 6.07) is 9.37. The maximum Gasteiger partial charge on any atom is 0.277 e. The number of rotatable bonds is 5. The van der Waals surface area contributed by atoms with Gasteiger partial charge in [-0.2, -0.15) is 0 Å². The van der Waals surface area contributed by atoms with E-state index in [1.165, 1.54) is 11.3 Å². The molecule has 1 aromatic carbocycles. The van der Waals surface area contributed by atoms with Gasteiger partial charge in [-0.05, 0) is 6.92 Å². The Kier molecular flexibility index (Phi) is 8.61. The average molecular weight is 384 g/mol. The number of carbonyl (C=O) groups is 1. The van der Waals surface area contributed by atoms with Crippen LogP contribution in [-0.4, -0.2) is 29.9 Å². The summed E-state index contributed by atoms with van der Waals surface area (Å²) in [5, 5.41) is 2.88. The van der Waals surface area contributed by atoms with E-state index >= 15 is 0 Å². The summed E-state index contributed by atoms with van der Waals surface area (Å²) in [5.74, 6) is -3.66. The molecule has 0 aliphatic rings. The van der Waals surface area contributed by atoms with Crippen LogP contribution in [-0.2, 0) is 0 Å². The molecule has 1 amide bonds. The third-order valence-electron chi connectivity index (χ3n) is 2.83. The molecule has 3 N–H and O–H groups in total. The zero-order valence-electron chi connectivity index (χ0n) is 12.2. The second-order valence-electron chi connectivity index (χ2n) is 4.54. The number of aryl methyl sites for hydroxylation is 1. The van der Waals surface area contributed by atoms with Crippen LogP contribution in [0.15, 0.2) is 30.3 Å². The molecule has 9 heteroatoms. The Labute approximate surface area is 149 Å². The minimum Gasteiger partial charge on any atom is -0.345 e. The molecule has 0 spiro atoms. The van der Waals surface area contributed by atoms with Gasteiger partial charge in [-0.1, -0.05) is 30.3 Å². The molecule has 23 heavy (non-hydrogen) atoms. The van der Waals surface area contributed by atoms with Gasteiger partial charge in [-0.25, -0.2) is 13.8 Å². The Morgan fingerprint density at radius 2 is 1.91 bits per heavy atom. The SMILES string of the molecule is Cc1nc(-c2ccccc2)sc1C(=O)NCC(F)(F)CN.Cl.Cl. The number of benzene rings is 1. The summed E-state index contributed by atoms with van der Waals surface area (Å²) in [5.41, 5.74) is 6.34. The number of hydrogen-bond acceptors (Lipinski definition) is 4. The van der Waals surface area contributed by atoms with Crippen LogP contribution in [0.5, 0.6) is 0 Å². The first-order valence-electron chi connectivity index (χ1n) is 6.32. The van der Waals surface area contributed by atoms with Gasteiger partial charge in [0.1, 0.15) is 9.88 Å². The quantitative estimate of drug-likeness (QED) is 0.832. The highest BCUT2D eigenvalue weighted by atomic mass is 35.5. The van der Waals surface area contributed by atoms with Crippen molar-refractivity contribution < 1.29 is 13.6 Å². The third kappa shape index (κ3) is 5.69. The van der Waals surface area contributed by atoms with E-state index in [-0.39, 0.29) is 24.8 Å². The first-order chi connectivity index (χ1) is 9.93. The summed E-state index contributed by atoms with van der Waals surface area (Å²) >= 11 is 1.18. The van der Waals surface area contributed by atoms with E-state index in [0.29, 0.717) is 15.6 Å². The number of aromatic nitrogens is 1. The van der Waals surface area contributed by atoms with Crippen LogP contribution in [0.2, 0.25) is 0 Å². The topological polar surface area (TPSA) is 68.0 Å². The molecule has 0 saturated heterocycles. The van der Waals surface area contributed by atoms with Gasteiger partial charge in [0, 0.05) is 5.56 Å². The Morgan fingerprint density at radius 1 is 1.30 bits per heavy atom. The van der Waals surface area contributed by atoms with Gasteiger partial charge in [-0.15, -0.1) is 36.2 Å². The minimum atomic E-state index is -3.10. The average Bonchev–Trinajstić information content (AvgIpc) is 2.88. The highest BCUT2D eigenvalue weighted by Crippen LogP contribution is 2.27. The molecule has 0 aliphatic carbocycles. The van der Waals surface area contributed by atoms with Crippen LogP contribution >= 0.6 is 36.2 Å². The maximum atomic E-state index is 13.0. The molecule has 0 unspecified atom stereocenters. The number of amides is 1. The van der Waals surface area contributed by atoms with Crippen molar-refractivity contribution in [2.24, 2.45) is 5.73 Å². The van der Waals surface area contributed by atoms with Gasteiger partial charge < -0.3 is 11.1 Å². The number of carbonyl (C=O) groups excluding carboxylic acids is 1. The Morgan fingerprint density at radius 3 is 2.48 bits per heavy atom. The van der Waals surface area contributed by atoms with E-state index in [9.17, 15) is 13.6 Å². The number of alkyl halides is 2. The Balaban J connectivity index is 0.00000242. The van der Waals surface area contributed by atoms with Crippen LogP contribution in [0.3, 0.4) is 0 Å². The summed E-state index contributed by atoms with van der Waals surface area (Å²) in [6.07, 6.45) is 0. The number of nitrogens with zero attached hydrogens (tertiary/aromatic N) is 1. The van der Waals surface area contributed by atoms with Crippen LogP contribution < -0.4 is 11.1 Å². The molecule has 2 aromatic rings. The monoisotopic (exact) mass is 383 g/mol. The van der Waals surface area contributed by atoms with E-state index in [1.54, 1.807) is 6.92 Å². The molecular formula is C14H17Cl2F2N3OS. The largest absolute Gasteiger partial charge is 0.345 e. The van der Waals surface area contributed by atoms with Gasteiger partial charge in [0.2, 0.25) is 0 Å². The highest BCUT2D eigenvalue weighted by Gasteiger charge is 2.28. The number of halogens is 4. The molecule has 1 aromatic heterocycles. The normalized spacial score (nSPS) is 10.4. The predicted octanol–water partition coefficient (Wildman–Crippen LogP) is 3.29. The Bertz CT molecular complexity index is 638. The lowest BCUT2D eigenvalue weighted by Crippen LogP contribution is -2.41. The molecule has 2 rings (SSSR count). The summed E-state index contributed by atoms with van der Waals surface area (Å²) in [6.45, 7) is 0.101. The highest BCUT2D eigenvalue weighted by molar-refractivity contribution is 7.17. The molecule has 4 nitrogen and oxygen atoms in total. The maximum absolute atomic E-state index is 13.0. The fraction of sp³-hybridized carbons (Fsp3) is 0.286. The lowest BCUT2D eigenvalue weighted by atomic mass is 10.2. The van der Waals surface area contributed by atoms with Crippen molar-refractivity contribution >= 4 is 42.1 Å². The molecule has 0 aliphatic heterocycles. The summed E-state index contributed by atoms with van der Waals surface area (Å²) in [4.78, 5) is 16.6. The van der Waals surface area contributed by atoms with Crippen LogP contribution in [0.25, 0.3) is 10.6 Å². The summed E-state index contributed by atoms with van der Waals surface area (Å²) < 4.78 is 26.1. The zero-order valence-corrected chi connectivity index (χ0v) is 14.7. The van der Waals surface area contributed by atoms with Crippen molar-refractivity contribution in [2.45, 2.75) is 12.8 Å². The number of nitrogens with two attached hydrogens (primary N) is 1. The standard InChI is InChI=1S/C14H15F2N3OS.2ClH/c1-9-11(12(20)18-8-14(15,16)7-17)21-13(19-9)10-5-3-2-4-6-10;;/h2-6H,7-8,17H2,1H3,(H,18,20);2*1H. The first kappa shape index (κ1) is 21.7. The fourth-order valence-corrected chi connectivity index (χ4v) is 2.66. The van der Waals surface area contributed by atoms with E-state index in [0.717, 1.165) is 5.56 Å². The second-order valence-corrected chi connectivity index (χ2v) is 5.54. The molecule has 0 fully saturated rings. The number of hydrogen-bond donors (Lipinski definition) is 2. The molecule has 0 saturated carbocycles. The van der Waals surface area contributed by atoms with Gasteiger partial charge in [0.25, 0.3) is 11.8 Å². The zero-order chi connectivity index (χ0) is 15.5. The van der Waals surface area contributed by atoms with Crippen LogP contribution in [0.4, 0.5) is 8.78 Å². The molecule has 0 atom stereocenters. The van der Waals surface area contributed by atoms with Crippen LogP contribution in [0, 0.1) is 6.92 Å². The van der Waals surface area contributed by atoms with E-state index in [2.05, 4.69) is 10.3 Å². The van der Waals surface area contributed by atoms with E-state index < -0.39 is 24.9 Å². The van der Waals surface area contributed by atoms with Gasteiger partial charge in [-0.3, -0.25) is 4.79 Å². The van der Waals surface area contributed by atoms with Crippen molar-refractivity contribution in [3.63, 3.8) is 0 Å². The van der Waals surface area contributed by atoms with Crippen LogP contribution in [0.1, 0.15) is 15.4 Å².